The second-order valence-electron chi connectivity index (χ2n) is 12.6. The first kappa shape index (κ1) is 29.3. The molecule has 4 fully saturated rings. The number of benzene rings is 1. The highest BCUT2D eigenvalue weighted by Crippen LogP contribution is 2.49. The third-order valence-corrected chi connectivity index (χ3v) is 9.12. The number of carbonyl (C=O) groups is 2. The van der Waals surface area contributed by atoms with Gasteiger partial charge in [0.25, 0.3) is 0 Å². The summed E-state index contributed by atoms with van der Waals surface area (Å²) >= 11 is 0. The summed E-state index contributed by atoms with van der Waals surface area (Å²) < 4.78 is 23.2. The molecule has 3 aliphatic heterocycles. The average molecular weight is 559 g/mol. The van der Waals surface area contributed by atoms with Crippen molar-refractivity contribution in [3.05, 3.63) is 35.9 Å². The zero-order valence-electron chi connectivity index (χ0n) is 24.2. The molecular formula is C31H46N2O7. The summed E-state index contributed by atoms with van der Waals surface area (Å²) in [7, 11) is 1.69. The van der Waals surface area contributed by atoms with Crippen LogP contribution in [0.1, 0.15) is 45.1 Å². The molecule has 3 heterocycles. The third-order valence-electron chi connectivity index (χ3n) is 9.12. The number of esters is 1. The van der Waals surface area contributed by atoms with Crippen LogP contribution in [-0.4, -0.2) is 98.0 Å². The van der Waals surface area contributed by atoms with E-state index in [1.807, 2.05) is 35.2 Å². The molecule has 0 radical (unpaired) electrons. The maximum atomic E-state index is 13.6. The van der Waals surface area contributed by atoms with E-state index in [1.165, 1.54) is 0 Å². The van der Waals surface area contributed by atoms with Crippen LogP contribution in [0.5, 0.6) is 0 Å². The van der Waals surface area contributed by atoms with Gasteiger partial charge in [0.2, 0.25) is 0 Å². The Bertz CT molecular complexity index is 991. The van der Waals surface area contributed by atoms with Crippen molar-refractivity contribution in [1.29, 1.82) is 0 Å². The predicted molar refractivity (Wildman–Crippen MR) is 148 cm³/mol. The van der Waals surface area contributed by atoms with Gasteiger partial charge in [-0.25, -0.2) is 4.79 Å². The van der Waals surface area contributed by atoms with Gasteiger partial charge >= 0.3 is 12.0 Å². The molecule has 1 N–H and O–H groups in total. The van der Waals surface area contributed by atoms with Crippen LogP contribution in [0.4, 0.5) is 4.79 Å². The maximum absolute atomic E-state index is 13.6. The zero-order chi connectivity index (χ0) is 28.2. The molecule has 1 aliphatic carbocycles. The molecule has 2 amide bonds. The zero-order valence-corrected chi connectivity index (χ0v) is 24.2. The number of urea groups is 1. The van der Waals surface area contributed by atoms with Gasteiger partial charge in [-0.1, -0.05) is 44.2 Å². The normalized spacial score (nSPS) is 30.8. The van der Waals surface area contributed by atoms with Gasteiger partial charge in [-0.2, -0.15) is 0 Å². The van der Waals surface area contributed by atoms with E-state index in [2.05, 4.69) is 13.8 Å². The maximum Gasteiger partial charge on any atom is 0.320 e. The van der Waals surface area contributed by atoms with Gasteiger partial charge in [-0.05, 0) is 37.2 Å². The van der Waals surface area contributed by atoms with E-state index in [4.69, 9.17) is 18.9 Å². The minimum absolute atomic E-state index is 0.0325. The highest BCUT2D eigenvalue weighted by molar-refractivity contribution is 5.75. The number of hydrogen-bond acceptors (Lipinski definition) is 7. The number of rotatable bonds is 11. The molecule has 0 spiro atoms. The minimum Gasteiger partial charge on any atom is -0.462 e. The van der Waals surface area contributed by atoms with Gasteiger partial charge in [0.05, 0.1) is 31.8 Å². The fraction of sp³-hybridized carbons (Fsp3) is 0.742. The Labute approximate surface area is 238 Å². The lowest BCUT2D eigenvalue weighted by Gasteiger charge is -2.38. The average Bonchev–Trinajstić information content (AvgIpc) is 3.49. The van der Waals surface area contributed by atoms with Crippen LogP contribution in [0.15, 0.2) is 30.3 Å². The molecule has 3 saturated heterocycles. The molecular weight excluding hydrogens is 512 g/mol. The summed E-state index contributed by atoms with van der Waals surface area (Å²) in [4.78, 5) is 30.6. The number of piperidine rings is 1. The highest BCUT2D eigenvalue weighted by atomic mass is 16.7. The first-order chi connectivity index (χ1) is 19.3. The van der Waals surface area contributed by atoms with Gasteiger partial charge in [-0.3, -0.25) is 4.79 Å². The molecule has 4 aliphatic rings. The van der Waals surface area contributed by atoms with Crippen molar-refractivity contribution in [2.24, 2.45) is 29.6 Å². The van der Waals surface area contributed by atoms with Crippen molar-refractivity contribution in [3.8, 4) is 0 Å². The number of aliphatic hydroxyl groups is 1. The molecule has 5 rings (SSSR count). The molecule has 1 saturated carbocycles. The fourth-order valence-electron chi connectivity index (χ4n) is 7.08. The molecule has 1 aromatic rings. The van der Waals surface area contributed by atoms with Crippen LogP contribution in [0.3, 0.4) is 0 Å². The molecule has 0 aromatic heterocycles. The van der Waals surface area contributed by atoms with Crippen LogP contribution in [0, 0.1) is 29.6 Å². The van der Waals surface area contributed by atoms with E-state index in [0.29, 0.717) is 45.2 Å². The molecule has 40 heavy (non-hydrogen) atoms. The van der Waals surface area contributed by atoms with E-state index in [0.717, 1.165) is 24.8 Å². The molecule has 6 unspecified atom stereocenters. The quantitative estimate of drug-likeness (QED) is 0.416. The minimum atomic E-state index is -0.885. The molecule has 9 heteroatoms. The Kier molecular flexibility index (Phi) is 9.66. The smallest absolute Gasteiger partial charge is 0.320 e. The van der Waals surface area contributed by atoms with E-state index in [1.54, 1.807) is 12.0 Å². The predicted octanol–water partition coefficient (Wildman–Crippen LogP) is 3.34. The van der Waals surface area contributed by atoms with Crippen molar-refractivity contribution >= 4 is 12.0 Å². The number of carbonyl (C=O) groups excluding carboxylic acids is 2. The lowest BCUT2D eigenvalue weighted by molar-refractivity contribution is -0.178. The number of amides is 2. The van der Waals surface area contributed by atoms with Gasteiger partial charge in [0, 0.05) is 57.0 Å². The first-order valence-corrected chi connectivity index (χ1v) is 15.0. The summed E-state index contributed by atoms with van der Waals surface area (Å²) in [6.07, 6.45) is 2.19. The van der Waals surface area contributed by atoms with Gasteiger partial charge in [0.1, 0.15) is 6.10 Å². The van der Waals surface area contributed by atoms with Crippen LogP contribution in [0.2, 0.25) is 0 Å². The van der Waals surface area contributed by atoms with Crippen LogP contribution >= 0.6 is 0 Å². The standard InChI is InChI=1S/C31H46N2O7/c1-20(2)15-33(31(36)32-11-7-10-24(16-32)37-3)17-27(34)22(12-21-8-5-4-6-9-21)14-28(35)40-29-23-13-25-26(29)19-39-30(25)38-18-23/h4-6,8-9,20,22-27,29-30,34H,7,10-19H2,1-3H3/t22-,23?,24?,25?,26?,27-,29?,30?/m1/s1. The molecule has 222 valence electrons. The van der Waals surface area contributed by atoms with Crippen molar-refractivity contribution in [2.45, 2.75) is 70.6 Å². The van der Waals surface area contributed by atoms with E-state index >= 15 is 0 Å². The van der Waals surface area contributed by atoms with E-state index in [9.17, 15) is 14.7 Å². The van der Waals surface area contributed by atoms with Crippen molar-refractivity contribution < 1.29 is 33.6 Å². The summed E-state index contributed by atoms with van der Waals surface area (Å²) in [6.45, 7) is 7.18. The second-order valence-corrected chi connectivity index (χ2v) is 12.6. The Hall–Kier alpha value is -2.20. The first-order valence-electron chi connectivity index (χ1n) is 15.0. The van der Waals surface area contributed by atoms with E-state index < -0.39 is 12.0 Å². The lowest BCUT2D eigenvalue weighted by atomic mass is 9.90. The number of hydrogen-bond donors (Lipinski definition) is 1. The number of nitrogens with zero attached hydrogens (tertiary/aromatic N) is 2. The number of likely N-dealkylation sites (tertiary alicyclic amines) is 1. The fourth-order valence-corrected chi connectivity index (χ4v) is 7.08. The number of fused-ring (bicyclic) bond motifs is 1. The summed E-state index contributed by atoms with van der Waals surface area (Å²) in [5.41, 5.74) is 1.04. The number of ether oxygens (including phenoxy) is 4. The Morgan fingerprint density at radius 3 is 2.65 bits per heavy atom. The number of methoxy groups -OCH3 is 1. The molecule has 9 nitrogen and oxygen atoms in total. The van der Waals surface area contributed by atoms with Gasteiger partial charge < -0.3 is 33.9 Å². The third kappa shape index (κ3) is 6.81. The van der Waals surface area contributed by atoms with Crippen molar-refractivity contribution in [2.75, 3.05) is 46.5 Å². The molecule has 2 bridgehead atoms. The van der Waals surface area contributed by atoms with Crippen molar-refractivity contribution in [3.63, 3.8) is 0 Å². The van der Waals surface area contributed by atoms with Gasteiger partial charge in [-0.15, -0.1) is 0 Å². The molecule has 1 aromatic carbocycles. The van der Waals surface area contributed by atoms with E-state index in [-0.39, 0.29) is 61.2 Å². The largest absolute Gasteiger partial charge is 0.462 e. The monoisotopic (exact) mass is 558 g/mol. The van der Waals surface area contributed by atoms with Crippen molar-refractivity contribution in [1.82, 2.24) is 9.80 Å². The topological polar surface area (TPSA) is 97.8 Å². The summed E-state index contributed by atoms with van der Waals surface area (Å²) in [5.74, 6) is 0.218. The van der Waals surface area contributed by atoms with Crippen LogP contribution in [0.25, 0.3) is 0 Å². The Balaban J connectivity index is 1.27. The SMILES string of the molecule is COC1CCCN(C(=O)N(CC(C)C)C[C@@H](O)[C@@H](CC(=O)OC2C3COC4OCC2C4C3)Cc2ccccc2)C1. The summed E-state index contributed by atoms with van der Waals surface area (Å²) in [6, 6.07) is 9.81. The highest BCUT2D eigenvalue weighted by Gasteiger charge is 2.56. The van der Waals surface area contributed by atoms with Crippen LogP contribution < -0.4 is 0 Å². The lowest BCUT2D eigenvalue weighted by Crippen LogP contribution is -2.52. The summed E-state index contributed by atoms with van der Waals surface area (Å²) in [5, 5.41) is 11.6. The van der Waals surface area contributed by atoms with Crippen LogP contribution in [-0.2, 0) is 30.2 Å². The Morgan fingerprint density at radius 2 is 1.90 bits per heavy atom. The van der Waals surface area contributed by atoms with Gasteiger partial charge in [0.15, 0.2) is 6.29 Å². The second kappa shape index (κ2) is 13.2. The molecule has 8 atom stereocenters. The number of aliphatic hydroxyl groups excluding tert-OH is 1. The Morgan fingerprint density at radius 1 is 1.12 bits per heavy atom.